The van der Waals surface area contributed by atoms with E-state index >= 15 is 0 Å². The molecule has 2 aromatic heterocycles. The number of hydrogen-bond donors (Lipinski definition) is 1. The highest BCUT2D eigenvalue weighted by Crippen LogP contribution is 2.27. The number of anilines is 1. The highest BCUT2D eigenvalue weighted by Gasteiger charge is 2.27. The molecule has 0 saturated carbocycles. The van der Waals surface area contributed by atoms with Crippen LogP contribution in [0.5, 0.6) is 0 Å². The molecule has 1 saturated heterocycles. The molecular weight excluding hydrogens is 404 g/mol. The predicted octanol–water partition coefficient (Wildman–Crippen LogP) is 2.88. The number of pyridine rings is 1. The normalized spacial score (nSPS) is 16.6. The van der Waals surface area contributed by atoms with Gasteiger partial charge in [-0.05, 0) is 12.1 Å². The number of hydrogen-bond acceptors (Lipinski definition) is 7. The van der Waals surface area contributed by atoms with E-state index < -0.39 is 6.10 Å². The standard InChI is InChI=1S/C21H22N4O4S/c1-28-9-6-19(26)25-8-10-29-18(13-25)17-12-15(14-4-2-3-5-16(14)23-17)20(27)24-21-22-7-11-30-21/h2-5,7,11-12,18H,6,8-10,13H2,1H3,(H,22,24,27). The Morgan fingerprint density at radius 1 is 1.37 bits per heavy atom. The van der Waals surface area contributed by atoms with Gasteiger partial charge in [-0.3, -0.25) is 14.9 Å². The van der Waals surface area contributed by atoms with Gasteiger partial charge in [0.1, 0.15) is 6.10 Å². The fourth-order valence-electron chi connectivity index (χ4n) is 3.40. The van der Waals surface area contributed by atoms with E-state index in [2.05, 4.69) is 10.3 Å². The Hall–Kier alpha value is -2.88. The molecule has 1 N–H and O–H groups in total. The van der Waals surface area contributed by atoms with E-state index in [4.69, 9.17) is 14.5 Å². The zero-order valence-electron chi connectivity index (χ0n) is 16.5. The van der Waals surface area contributed by atoms with Gasteiger partial charge in [-0.15, -0.1) is 11.3 Å². The maximum absolute atomic E-state index is 13.0. The van der Waals surface area contributed by atoms with E-state index in [0.717, 1.165) is 5.39 Å². The Bertz CT molecular complexity index is 1040. The first-order chi connectivity index (χ1) is 14.7. The monoisotopic (exact) mass is 426 g/mol. The fourth-order valence-corrected chi connectivity index (χ4v) is 3.92. The van der Waals surface area contributed by atoms with Crippen LogP contribution in [-0.4, -0.2) is 60.1 Å². The van der Waals surface area contributed by atoms with E-state index in [-0.39, 0.29) is 11.8 Å². The minimum absolute atomic E-state index is 0.0210. The van der Waals surface area contributed by atoms with Gasteiger partial charge in [-0.2, -0.15) is 0 Å². The van der Waals surface area contributed by atoms with E-state index in [1.807, 2.05) is 24.3 Å². The van der Waals surface area contributed by atoms with Gasteiger partial charge in [-0.25, -0.2) is 9.97 Å². The van der Waals surface area contributed by atoms with Gasteiger partial charge < -0.3 is 14.4 Å². The van der Waals surface area contributed by atoms with E-state index in [1.165, 1.54) is 11.3 Å². The average molecular weight is 426 g/mol. The Morgan fingerprint density at radius 2 is 2.23 bits per heavy atom. The lowest BCUT2D eigenvalue weighted by atomic mass is 10.0. The van der Waals surface area contributed by atoms with Crippen LogP contribution in [-0.2, 0) is 14.3 Å². The van der Waals surface area contributed by atoms with Gasteiger partial charge in [-0.1, -0.05) is 18.2 Å². The van der Waals surface area contributed by atoms with Gasteiger partial charge in [0, 0.05) is 30.6 Å². The second kappa shape index (κ2) is 9.29. The summed E-state index contributed by atoms with van der Waals surface area (Å²) in [5, 5.41) is 5.92. The molecule has 1 unspecified atom stereocenters. The lowest BCUT2D eigenvalue weighted by Crippen LogP contribution is -2.42. The number of aromatic nitrogens is 2. The molecule has 0 radical (unpaired) electrons. The summed E-state index contributed by atoms with van der Waals surface area (Å²) in [6, 6.07) is 9.23. The lowest BCUT2D eigenvalue weighted by molar-refractivity contribution is -0.140. The number of carbonyl (C=O) groups excluding carboxylic acids is 2. The smallest absolute Gasteiger partial charge is 0.258 e. The molecule has 0 spiro atoms. The molecule has 4 rings (SSSR count). The third-order valence-corrected chi connectivity index (χ3v) is 5.59. The molecule has 0 aliphatic carbocycles. The third-order valence-electron chi connectivity index (χ3n) is 4.90. The predicted molar refractivity (Wildman–Crippen MR) is 114 cm³/mol. The van der Waals surface area contributed by atoms with E-state index in [1.54, 1.807) is 29.7 Å². The number of benzene rings is 1. The molecule has 2 amide bonds. The SMILES string of the molecule is COCCC(=O)N1CCOC(c2cc(C(=O)Nc3nccs3)c3ccccc3n2)C1. The summed E-state index contributed by atoms with van der Waals surface area (Å²) < 4.78 is 10.9. The van der Waals surface area contributed by atoms with E-state index in [9.17, 15) is 9.59 Å². The number of para-hydroxylation sites is 1. The average Bonchev–Trinajstić information content (AvgIpc) is 3.29. The van der Waals surface area contributed by atoms with Gasteiger partial charge in [0.25, 0.3) is 5.91 Å². The van der Waals surface area contributed by atoms with Crippen molar-refractivity contribution in [2.24, 2.45) is 0 Å². The Balaban J connectivity index is 1.62. The van der Waals surface area contributed by atoms with Crippen molar-refractivity contribution in [2.75, 3.05) is 38.7 Å². The molecule has 1 aliphatic rings. The van der Waals surface area contributed by atoms with Crippen LogP contribution in [0.25, 0.3) is 10.9 Å². The summed E-state index contributed by atoms with van der Waals surface area (Å²) in [6.45, 7) is 1.72. The van der Waals surface area contributed by atoms with Crippen molar-refractivity contribution in [1.82, 2.24) is 14.9 Å². The summed E-state index contributed by atoms with van der Waals surface area (Å²) >= 11 is 1.36. The Morgan fingerprint density at radius 3 is 3.03 bits per heavy atom. The van der Waals surface area contributed by atoms with Crippen molar-refractivity contribution in [2.45, 2.75) is 12.5 Å². The first-order valence-electron chi connectivity index (χ1n) is 9.64. The van der Waals surface area contributed by atoms with Gasteiger partial charge in [0.05, 0.1) is 43.0 Å². The third kappa shape index (κ3) is 4.48. The number of fused-ring (bicyclic) bond motifs is 1. The molecule has 8 nitrogen and oxygen atoms in total. The number of morpholine rings is 1. The number of amides is 2. The maximum Gasteiger partial charge on any atom is 0.258 e. The van der Waals surface area contributed by atoms with Crippen molar-refractivity contribution < 1.29 is 19.1 Å². The van der Waals surface area contributed by atoms with Crippen LogP contribution in [0.4, 0.5) is 5.13 Å². The van der Waals surface area contributed by atoms with Crippen LogP contribution < -0.4 is 5.32 Å². The molecule has 1 aliphatic heterocycles. The number of nitrogens with one attached hydrogen (secondary N) is 1. The second-order valence-electron chi connectivity index (χ2n) is 6.85. The quantitative estimate of drug-likeness (QED) is 0.651. The first kappa shape index (κ1) is 20.4. The molecule has 0 bridgehead atoms. The second-order valence-corrected chi connectivity index (χ2v) is 7.74. The van der Waals surface area contributed by atoms with Crippen LogP contribution in [0.1, 0.15) is 28.6 Å². The minimum Gasteiger partial charge on any atom is -0.384 e. The highest BCUT2D eigenvalue weighted by molar-refractivity contribution is 7.13. The molecule has 1 aromatic carbocycles. The fraction of sp³-hybridized carbons (Fsp3) is 0.333. The largest absolute Gasteiger partial charge is 0.384 e. The Kier molecular flexibility index (Phi) is 6.32. The molecule has 30 heavy (non-hydrogen) atoms. The summed E-state index contributed by atoms with van der Waals surface area (Å²) in [7, 11) is 1.58. The number of methoxy groups -OCH3 is 1. The minimum atomic E-state index is -0.402. The summed E-state index contributed by atoms with van der Waals surface area (Å²) in [5.74, 6) is -0.235. The first-order valence-corrected chi connectivity index (χ1v) is 10.5. The molecule has 1 atom stereocenters. The van der Waals surface area contributed by atoms with Gasteiger partial charge in [0.15, 0.2) is 5.13 Å². The van der Waals surface area contributed by atoms with Crippen LogP contribution in [0.15, 0.2) is 41.9 Å². The number of carbonyl (C=O) groups is 2. The molecule has 1 fully saturated rings. The van der Waals surface area contributed by atoms with Crippen LogP contribution >= 0.6 is 11.3 Å². The molecular formula is C21H22N4O4S. The highest BCUT2D eigenvalue weighted by atomic mass is 32.1. The van der Waals surface area contributed by atoms with Crippen molar-refractivity contribution in [3.05, 3.63) is 53.2 Å². The molecule has 3 heterocycles. The molecule has 156 valence electrons. The van der Waals surface area contributed by atoms with E-state index in [0.29, 0.717) is 54.6 Å². The van der Waals surface area contributed by atoms with Gasteiger partial charge >= 0.3 is 0 Å². The summed E-state index contributed by atoms with van der Waals surface area (Å²) in [6.07, 6.45) is 1.57. The number of thiazole rings is 1. The zero-order valence-corrected chi connectivity index (χ0v) is 17.4. The summed E-state index contributed by atoms with van der Waals surface area (Å²) in [5.41, 5.74) is 1.82. The lowest BCUT2D eigenvalue weighted by Gasteiger charge is -2.33. The van der Waals surface area contributed by atoms with Crippen molar-refractivity contribution in [3.8, 4) is 0 Å². The van der Waals surface area contributed by atoms with Crippen LogP contribution in [0, 0.1) is 0 Å². The molecule has 9 heteroatoms. The number of ether oxygens (including phenoxy) is 2. The number of nitrogens with zero attached hydrogens (tertiary/aromatic N) is 3. The summed E-state index contributed by atoms with van der Waals surface area (Å²) in [4.78, 5) is 36.0. The van der Waals surface area contributed by atoms with Gasteiger partial charge in [0.2, 0.25) is 5.91 Å². The zero-order chi connectivity index (χ0) is 20.9. The molecule has 3 aromatic rings. The number of rotatable bonds is 6. The van der Waals surface area contributed by atoms with Crippen LogP contribution in [0.2, 0.25) is 0 Å². The van der Waals surface area contributed by atoms with Crippen LogP contribution in [0.3, 0.4) is 0 Å². The van der Waals surface area contributed by atoms with Crippen molar-refractivity contribution >= 4 is 39.2 Å². The maximum atomic E-state index is 13.0. The Labute approximate surface area is 177 Å². The topological polar surface area (TPSA) is 93.6 Å². The van der Waals surface area contributed by atoms with Crippen molar-refractivity contribution in [1.29, 1.82) is 0 Å². The van der Waals surface area contributed by atoms with Crippen molar-refractivity contribution in [3.63, 3.8) is 0 Å².